The summed E-state index contributed by atoms with van der Waals surface area (Å²) in [5.41, 5.74) is 11.2. The smallest absolute Gasteiger partial charge is 0.220 e. The van der Waals surface area contributed by atoms with Crippen molar-refractivity contribution in [1.82, 2.24) is 9.97 Å². The molecule has 0 fully saturated rings. The quantitative estimate of drug-likeness (QED) is 0.538. The van der Waals surface area contributed by atoms with Gasteiger partial charge in [-0.3, -0.25) is 9.98 Å². The maximum atomic E-state index is 5.93. The van der Waals surface area contributed by atoms with Crippen LogP contribution in [0.3, 0.4) is 0 Å². The Morgan fingerprint density at radius 1 is 0.759 bits per heavy atom. The number of aromatic nitrogens is 2. The molecule has 3 rings (SSSR count). The molecule has 3 aromatic rings. The average Bonchev–Trinajstić information content (AvgIpc) is 2.71. The van der Waals surface area contributed by atoms with Crippen molar-refractivity contribution in [3.63, 3.8) is 0 Å². The molecule has 0 atom stereocenters. The van der Waals surface area contributed by atoms with E-state index < -0.39 is 0 Å². The van der Waals surface area contributed by atoms with Crippen LogP contribution in [0.5, 0.6) is 0 Å². The third-order valence-corrected chi connectivity index (χ3v) is 4.83. The molecule has 0 unspecified atom stereocenters. The predicted molar refractivity (Wildman–Crippen MR) is 121 cm³/mol. The van der Waals surface area contributed by atoms with Crippen molar-refractivity contribution in [2.24, 2.45) is 9.98 Å². The predicted octanol–water partition coefficient (Wildman–Crippen LogP) is 5.38. The van der Waals surface area contributed by atoms with Crippen molar-refractivity contribution in [2.45, 2.75) is 26.9 Å². The molecule has 0 amide bonds. The Bertz CT molecular complexity index is 960. The molecule has 1 aromatic heterocycles. The van der Waals surface area contributed by atoms with E-state index in [0.29, 0.717) is 23.1 Å². The zero-order chi connectivity index (χ0) is 20.8. The van der Waals surface area contributed by atoms with Crippen LogP contribution in [0, 0.1) is 0 Å². The molecule has 5 nitrogen and oxygen atoms in total. The highest BCUT2D eigenvalue weighted by Crippen LogP contribution is 2.13. The Morgan fingerprint density at radius 3 is 1.52 bits per heavy atom. The second-order valence-corrected chi connectivity index (χ2v) is 7.40. The van der Waals surface area contributed by atoms with Crippen LogP contribution in [-0.2, 0) is 13.1 Å². The molecule has 29 heavy (non-hydrogen) atoms. The molecule has 0 aliphatic heterocycles. The zero-order valence-electron chi connectivity index (χ0n) is 16.2. The molecule has 0 radical (unpaired) electrons. The van der Waals surface area contributed by atoms with Gasteiger partial charge in [-0.15, -0.1) is 0 Å². The Kier molecular flexibility index (Phi) is 6.96. The first-order chi connectivity index (χ1) is 13.9. The zero-order valence-corrected chi connectivity index (χ0v) is 17.7. The number of hydrogen-bond donors (Lipinski definition) is 1. The average molecular weight is 426 g/mol. The molecule has 2 N–H and O–H groups in total. The first-order valence-electron chi connectivity index (χ1n) is 9.07. The SMILES string of the molecule is CC(=NCc1cc(CN=C(C)c2ccc(Cl)cc2)nc(N)n1)c1ccc(Cl)cc1. The van der Waals surface area contributed by atoms with Crippen molar-refractivity contribution in [3.05, 3.63) is 87.2 Å². The summed E-state index contributed by atoms with van der Waals surface area (Å²) < 4.78 is 0. The fourth-order valence-corrected chi connectivity index (χ4v) is 2.95. The molecule has 148 valence electrons. The minimum atomic E-state index is 0.219. The minimum Gasteiger partial charge on any atom is -0.368 e. The topological polar surface area (TPSA) is 76.5 Å². The van der Waals surface area contributed by atoms with Gasteiger partial charge in [-0.25, -0.2) is 9.97 Å². The molecule has 1 heterocycles. The van der Waals surface area contributed by atoms with E-state index in [4.69, 9.17) is 28.9 Å². The van der Waals surface area contributed by atoms with Gasteiger partial charge in [0.15, 0.2) is 0 Å². The van der Waals surface area contributed by atoms with Gasteiger partial charge < -0.3 is 5.73 Å². The summed E-state index contributed by atoms with van der Waals surface area (Å²) >= 11 is 11.9. The lowest BCUT2D eigenvalue weighted by Gasteiger charge is -2.05. The monoisotopic (exact) mass is 425 g/mol. The second-order valence-electron chi connectivity index (χ2n) is 6.53. The molecule has 7 heteroatoms. The fraction of sp³-hybridized carbons (Fsp3) is 0.182. The van der Waals surface area contributed by atoms with Gasteiger partial charge in [0.25, 0.3) is 0 Å². The summed E-state index contributed by atoms with van der Waals surface area (Å²) in [5, 5.41) is 1.40. The Balaban J connectivity index is 1.72. The van der Waals surface area contributed by atoms with Gasteiger partial charge in [0.1, 0.15) is 0 Å². The lowest BCUT2D eigenvalue weighted by atomic mass is 10.1. The first-order valence-corrected chi connectivity index (χ1v) is 9.82. The van der Waals surface area contributed by atoms with E-state index >= 15 is 0 Å². The summed E-state index contributed by atoms with van der Waals surface area (Å²) in [6.07, 6.45) is 0. The summed E-state index contributed by atoms with van der Waals surface area (Å²) in [5.74, 6) is 0.219. The Morgan fingerprint density at radius 2 is 1.14 bits per heavy atom. The normalized spacial score (nSPS) is 12.3. The van der Waals surface area contributed by atoms with Crippen molar-refractivity contribution >= 4 is 40.6 Å². The van der Waals surface area contributed by atoms with Gasteiger partial charge in [-0.05, 0) is 55.3 Å². The highest BCUT2D eigenvalue weighted by Gasteiger charge is 2.04. The summed E-state index contributed by atoms with van der Waals surface area (Å²) in [6, 6.07) is 17.0. The van der Waals surface area contributed by atoms with Crippen LogP contribution in [0.1, 0.15) is 36.4 Å². The summed E-state index contributed by atoms with van der Waals surface area (Å²) in [7, 11) is 0. The van der Waals surface area contributed by atoms with Crippen molar-refractivity contribution in [1.29, 1.82) is 0 Å². The third kappa shape index (κ3) is 6.11. The van der Waals surface area contributed by atoms with Crippen LogP contribution in [0.15, 0.2) is 64.6 Å². The molecule has 0 saturated carbocycles. The molecular weight excluding hydrogens is 405 g/mol. The van der Waals surface area contributed by atoms with Gasteiger partial charge in [-0.2, -0.15) is 0 Å². The van der Waals surface area contributed by atoms with Crippen molar-refractivity contribution < 1.29 is 0 Å². The van der Waals surface area contributed by atoms with E-state index in [1.54, 1.807) is 0 Å². The van der Waals surface area contributed by atoms with E-state index in [0.717, 1.165) is 33.9 Å². The summed E-state index contributed by atoms with van der Waals surface area (Å²) in [4.78, 5) is 17.8. The van der Waals surface area contributed by atoms with E-state index in [2.05, 4.69) is 20.0 Å². The number of hydrogen-bond acceptors (Lipinski definition) is 5. The maximum Gasteiger partial charge on any atom is 0.220 e. The number of nitrogen functional groups attached to an aromatic ring is 1. The van der Waals surface area contributed by atoms with Gasteiger partial charge in [0, 0.05) is 21.5 Å². The number of nitrogens with zero attached hydrogens (tertiary/aromatic N) is 4. The number of aliphatic imine (C=N–C) groups is 2. The fourth-order valence-electron chi connectivity index (χ4n) is 2.70. The van der Waals surface area contributed by atoms with E-state index in [-0.39, 0.29) is 5.95 Å². The van der Waals surface area contributed by atoms with Crippen LogP contribution < -0.4 is 5.73 Å². The second kappa shape index (κ2) is 9.63. The van der Waals surface area contributed by atoms with Crippen molar-refractivity contribution in [2.75, 3.05) is 5.73 Å². The lowest BCUT2D eigenvalue weighted by Crippen LogP contribution is -2.04. The standard InChI is InChI=1S/C22H21Cl2N5/c1-14(16-3-7-18(23)8-4-16)26-12-20-11-21(29-22(25)28-20)13-27-15(2)17-5-9-19(24)10-6-17/h3-11H,12-13H2,1-2H3,(H2,25,28,29). The molecule has 0 bridgehead atoms. The van der Waals surface area contributed by atoms with Crippen molar-refractivity contribution in [3.8, 4) is 0 Å². The van der Waals surface area contributed by atoms with Crippen LogP contribution in [-0.4, -0.2) is 21.4 Å². The van der Waals surface area contributed by atoms with Gasteiger partial charge in [0.05, 0.1) is 24.5 Å². The van der Waals surface area contributed by atoms with E-state index in [1.165, 1.54) is 0 Å². The van der Waals surface area contributed by atoms with Gasteiger partial charge in [-0.1, -0.05) is 47.5 Å². The molecule has 0 aliphatic rings. The molecule has 0 spiro atoms. The van der Waals surface area contributed by atoms with Gasteiger partial charge >= 0.3 is 0 Å². The van der Waals surface area contributed by atoms with E-state index in [9.17, 15) is 0 Å². The minimum absolute atomic E-state index is 0.219. The van der Waals surface area contributed by atoms with Gasteiger partial charge in [0.2, 0.25) is 5.95 Å². The largest absolute Gasteiger partial charge is 0.368 e. The number of halogens is 2. The number of anilines is 1. The third-order valence-electron chi connectivity index (χ3n) is 4.33. The van der Waals surface area contributed by atoms with Crippen LogP contribution in [0.25, 0.3) is 0 Å². The highest BCUT2D eigenvalue weighted by atomic mass is 35.5. The van der Waals surface area contributed by atoms with E-state index in [1.807, 2.05) is 68.4 Å². The molecule has 2 aromatic carbocycles. The van der Waals surface area contributed by atoms with Crippen LogP contribution >= 0.6 is 23.2 Å². The molecule has 0 saturated heterocycles. The molecular formula is C22H21Cl2N5. The lowest BCUT2D eigenvalue weighted by molar-refractivity contribution is 0.913. The highest BCUT2D eigenvalue weighted by molar-refractivity contribution is 6.31. The molecule has 0 aliphatic carbocycles. The first kappa shape index (κ1) is 21.0. The maximum absolute atomic E-state index is 5.93. The Hall–Kier alpha value is -2.76. The number of rotatable bonds is 6. The van der Waals surface area contributed by atoms with Crippen LogP contribution in [0.2, 0.25) is 10.0 Å². The number of nitrogens with two attached hydrogens (primary N) is 1. The summed E-state index contributed by atoms with van der Waals surface area (Å²) in [6.45, 7) is 4.73. The Labute approximate surface area is 180 Å². The number of benzene rings is 2. The van der Waals surface area contributed by atoms with Crippen LogP contribution in [0.4, 0.5) is 5.95 Å².